The average molecular weight is 393 g/mol. The molecule has 1 aliphatic heterocycles. The summed E-state index contributed by atoms with van der Waals surface area (Å²) in [6.07, 6.45) is 3.92. The zero-order chi connectivity index (χ0) is 20.4. The Kier molecular flexibility index (Phi) is 3.86. The maximum absolute atomic E-state index is 12.9. The number of carbonyl (C=O) groups is 4. The fourth-order valence-corrected chi connectivity index (χ4v) is 5.25. The molecule has 1 saturated heterocycles. The van der Waals surface area contributed by atoms with E-state index < -0.39 is 17.8 Å². The van der Waals surface area contributed by atoms with E-state index >= 15 is 0 Å². The second-order valence-corrected chi connectivity index (χ2v) is 8.04. The molecule has 4 atom stereocenters. The number of ketones is 2. The van der Waals surface area contributed by atoms with E-state index in [0.29, 0.717) is 34.7 Å². The summed E-state index contributed by atoms with van der Waals surface area (Å²) < 4.78 is 5.76. The topological polar surface area (TPSA) is 114 Å². The Balaban J connectivity index is 1.70. The van der Waals surface area contributed by atoms with Crippen LogP contribution >= 0.6 is 0 Å². The van der Waals surface area contributed by atoms with Gasteiger partial charge in [0.1, 0.15) is 18.1 Å². The number of hydrogen-bond donors (Lipinski definition) is 2. The number of Topliss-reactive ketones (excluding diaryl/α,β-unsaturated/α-hetero) is 1. The van der Waals surface area contributed by atoms with Gasteiger partial charge < -0.3 is 9.52 Å². The van der Waals surface area contributed by atoms with Crippen molar-refractivity contribution in [3.05, 3.63) is 58.1 Å². The third kappa shape index (κ3) is 2.47. The molecule has 5 rings (SSSR count). The van der Waals surface area contributed by atoms with E-state index in [1.54, 1.807) is 19.1 Å². The van der Waals surface area contributed by atoms with Gasteiger partial charge in [-0.2, -0.15) is 0 Å². The molecule has 29 heavy (non-hydrogen) atoms. The van der Waals surface area contributed by atoms with Gasteiger partial charge in [-0.05, 0) is 43.9 Å². The summed E-state index contributed by atoms with van der Waals surface area (Å²) in [5.74, 6) is -2.20. The molecule has 0 aromatic carbocycles. The van der Waals surface area contributed by atoms with Crippen LogP contribution in [0.5, 0.6) is 0 Å². The van der Waals surface area contributed by atoms with Crippen LogP contribution in [0.1, 0.15) is 37.2 Å². The zero-order valence-electron chi connectivity index (χ0n) is 15.7. The molecule has 0 bridgehead atoms. The number of nitrogens with one attached hydrogen (secondary N) is 1. The highest BCUT2D eigenvalue weighted by molar-refractivity contribution is 6.23. The number of aliphatic hydroxyl groups is 1. The molecule has 3 aliphatic carbocycles. The number of furan rings is 1. The highest BCUT2D eigenvalue weighted by Gasteiger charge is 2.53. The molecule has 7 nitrogen and oxygen atoms in total. The molecule has 2 N–H and O–H groups in total. The fraction of sp³-hybridized carbons (Fsp3) is 0.364. The number of imide groups is 1. The highest BCUT2D eigenvalue weighted by Crippen LogP contribution is 2.54. The van der Waals surface area contributed by atoms with Crippen molar-refractivity contribution < 1.29 is 28.7 Å². The predicted octanol–water partition coefficient (Wildman–Crippen LogP) is 1.49. The van der Waals surface area contributed by atoms with Crippen molar-refractivity contribution in [2.45, 2.75) is 32.3 Å². The van der Waals surface area contributed by atoms with E-state index in [0.717, 1.165) is 5.57 Å². The first kappa shape index (κ1) is 18.0. The van der Waals surface area contributed by atoms with E-state index in [4.69, 9.17) is 4.42 Å². The number of allylic oxidation sites excluding steroid dienone is 6. The van der Waals surface area contributed by atoms with E-state index in [9.17, 15) is 24.3 Å². The molecular formula is C22H19NO6. The molecule has 0 radical (unpaired) electrons. The van der Waals surface area contributed by atoms with Crippen LogP contribution in [0, 0.1) is 17.8 Å². The van der Waals surface area contributed by atoms with Crippen molar-refractivity contribution in [2.24, 2.45) is 17.8 Å². The van der Waals surface area contributed by atoms with Gasteiger partial charge in [-0.1, -0.05) is 11.6 Å². The van der Waals surface area contributed by atoms with Crippen molar-refractivity contribution in [1.29, 1.82) is 0 Å². The van der Waals surface area contributed by atoms with Crippen molar-refractivity contribution in [2.75, 3.05) is 0 Å². The lowest BCUT2D eigenvalue weighted by Gasteiger charge is -2.41. The van der Waals surface area contributed by atoms with Crippen LogP contribution in [-0.2, 0) is 25.8 Å². The first-order valence-corrected chi connectivity index (χ1v) is 9.65. The van der Waals surface area contributed by atoms with Crippen LogP contribution in [0.4, 0.5) is 0 Å². The first-order valence-electron chi connectivity index (χ1n) is 9.65. The molecule has 148 valence electrons. The number of rotatable bonds is 2. The second kappa shape index (κ2) is 6.22. The van der Waals surface area contributed by atoms with E-state index in [1.165, 1.54) is 6.08 Å². The van der Waals surface area contributed by atoms with E-state index in [-0.39, 0.29) is 42.3 Å². The lowest BCUT2D eigenvalue weighted by atomic mass is 9.60. The van der Waals surface area contributed by atoms with Gasteiger partial charge in [-0.3, -0.25) is 24.5 Å². The zero-order valence-corrected chi connectivity index (χ0v) is 15.7. The lowest BCUT2D eigenvalue weighted by Crippen LogP contribution is -2.39. The smallest absolute Gasteiger partial charge is 0.231 e. The summed E-state index contributed by atoms with van der Waals surface area (Å²) >= 11 is 0. The number of carbonyl (C=O) groups excluding carboxylic acids is 4. The minimum absolute atomic E-state index is 0.204. The molecule has 2 amide bonds. The van der Waals surface area contributed by atoms with E-state index in [1.807, 2.05) is 6.08 Å². The van der Waals surface area contributed by atoms with Crippen molar-refractivity contribution in [1.82, 2.24) is 5.32 Å². The number of fused-ring (bicyclic) bond motifs is 3. The third-order valence-corrected chi connectivity index (χ3v) is 6.53. The monoisotopic (exact) mass is 393 g/mol. The van der Waals surface area contributed by atoms with Crippen LogP contribution in [0.15, 0.2) is 51.0 Å². The Hall–Kier alpha value is -3.06. The minimum atomic E-state index is -0.602. The molecule has 4 aliphatic rings. The Morgan fingerprint density at radius 1 is 1.14 bits per heavy atom. The minimum Gasteiger partial charge on any atom is -0.463 e. The highest BCUT2D eigenvalue weighted by atomic mass is 16.4. The van der Waals surface area contributed by atoms with Gasteiger partial charge in [0.2, 0.25) is 11.8 Å². The first-order chi connectivity index (χ1) is 13.9. The largest absolute Gasteiger partial charge is 0.463 e. The molecule has 1 aromatic rings. The van der Waals surface area contributed by atoms with Gasteiger partial charge in [0.15, 0.2) is 11.6 Å². The molecule has 2 heterocycles. The summed E-state index contributed by atoms with van der Waals surface area (Å²) in [6.45, 7) is 1.32. The SMILES string of the molecule is CC1=CC(=O)C2=C(C[C@@H]3C(=CC[C@@H]4C(=O)NC(=O)[C@@H]43)[C@@H]2c2ccc(CO)o2)C1=O. The number of hydrogen-bond acceptors (Lipinski definition) is 6. The number of aliphatic hydroxyl groups excluding tert-OH is 1. The molecule has 1 aromatic heterocycles. The Morgan fingerprint density at radius 2 is 1.93 bits per heavy atom. The lowest BCUT2D eigenvalue weighted by molar-refractivity contribution is -0.126. The summed E-state index contributed by atoms with van der Waals surface area (Å²) in [4.78, 5) is 50.6. The molecular weight excluding hydrogens is 374 g/mol. The molecule has 0 spiro atoms. The van der Waals surface area contributed by atoms with E-state index in [2.05, 4.69) is 5.32 Å². The van der Waals surface area contributed by atoms with Gasteiger partial charge in [0.05, 0.1) is 17.8 Å². The van der Waals surface area contributed by atoms with Crippen molar-refractivity contribution >= 4 is 23.4 Å². The van der Waals surface area contributed by atoms with Crippen molar-refractivity contribution in [3.8, 4) is 0 Å². The maximum atomic E-state index is 12.9. The standard InChI is InChI=1S/C22H19NO6/c1-9-6-15(25)18-14(20(9)26)7-13-11(19(18)16-5-2-10(8-24)29-16)3-4-12-17(13)22(28)23-21(12)27/h2-3,5-6,12-13,17,19,24H,4,7-8H2,1H3,(H,23,27,28)/t12-,13+,17-,19+/m0/s1. The van der Waals surface area contributed by atoms with Gasteiger partial charge in [0, 0.05) is 16.7 Å². The molecule has 7 heteroatoms. The van der Waals surface area contributed by atoms with Gasteiger partial charge in [-0.15, -0.1) is 0 Å². The van der Waals surface area contributed by atoms with Gasteiger partial charge in [0.25, 0.3) is 0 Å². The summed E-state index contributed by atoms with van der Waals surface area (Å²) in [5.41, 5.74) is 1.99. The Bertz CT molecular complexity index is 1080. The number of amides is 2. The summed E-state index contributed by atoms with van der Waals surface area (Å²) in [5, 5.41) is 11.8. The van der Waals surface area contributed by atoms with Gasteiger partial charge >= 0.3 is 0 Å². The van der Waals surface area contributed by atoms with Crippen LogP contribution in [0.25, 0.3) is 0 Å². The van der Waals surface area contributed by atoms with Crippen LogP contribution in [0.3, 0.4) is 0 Å². The van der Waals surface area contributed by atoms with Crippen LogP contribution in [0.2, 0.25) is 0 Å². The van der Waals surface area contributed by atoms with Gasteiger partial charge in [-0.25, -0.2) is 0 Å². The summed E-state index contributed by atoms with van der Waals surface area (Å²) in [7, 11) is 0. The van der Waals surface area contributed by atoms with Crippen molar-refractivity contribution in [3.63, 3.8) is 0 Å². The van der Waals surface area contributed by atoms with Crippen LogP contribution in [-0.4, -0.2) is 28.5 Å². The Morgan fingerprint density at radius 3 is 2.66 bits per heavy atom. The maximum Gasteiger partial charge on any atom is 0.231 e. The quantitative estimate of drug-likeness (QED) is 0.447. The molecule has 1 fully saturated rings. The average Bonchev–Trinajstić information content (AvgIpc) is 3.29. The summed E-state index contributed by atoms with van der Waals surface area (Å²) in [6, 6.07) is 3.33. The third-order valence-electron chi connectivity index (χ3n) is 6.53. The normalized spacial score (nSPS) is 31.1. The predicted molar refractivity (Wildman–Crippen MR) is 99.1 cm³/mol. The Labute approximate surface area is 166 Å². The fourth-order valence-electron chi connectivity index (χ4n) is 5.25. The second-order valence-electron chi connectivity index (χ2n) is 8.04. The molecule has 0 saturated carbocycles. The molecule has 0 unspecified atom stereocenters. The van der Waals surface area contributed by atoms with Crippen LogP contribution < -0.4 is 5.32 Å².